The van der Waals surface area contributed by atoms with Crippen molar-refractivity contribution in [2.45, 2.75) is 55.5 Å². The molecular formula is C37H41Cl2N3O5S2. The standard InChI is InChI=1S/C37H41Cl2N3O5S2/c1-4-6-22-40-37(44)34(23-27-12-8-7-9-13-27)41(25-28-16-17-29(38)24-32(28)39)36(43)26-42(33-14-10-11-15-35(33)47-5-2)49(45,46)31-20-18-30(48-3)19-21-31/h7-21,24,34H,4-6,22-23,25-26H2,1-3H3,(H,40,44)/t34-/m1/s1. The fourth-order valence-corrected chi connectivity index (χ4v) is 7.52. The van der Waals surface area contributed by atoms with Crippen LogP contribution in [0.2, 0.25) is 10.0 Å². The van der Waals surface area contributed by atoms with E-state index in [2.05, 4.69) is 5.32 Å². The van der Waals surface area contributed by atoms with Gasteiger partial charge in [0.2, 0.25) is 11.8 Å². The number of benzene rings is 4. The molecule has 1 N–H and O–H groups in total. The van der Waals surface area contributed by atoms with Crippen molar-refractivity contribution in [3.8, 4) is 5.75 Å². The molecule has 0 spiro atoms. The molecule has 49 heavy (non-hydrogen) atoms. The lowest BCUT2D eigenvalue weighted by atomic mass is 10.0. The Hall–Kier alpha value is -3.70. The van der Waals surface area contributed by atoms with Crippen LogP contribution in [0.4, 0.5) is 5.69 Å². The van der Waals surface area contributed by atoms with Gasteiger partial charge in [0.05, 0.1) is 17.2 Å². The molecule has 0 heterocycles. The third-order valence-electron chi connectivity index (χ3n) is 7.82. The van der Waals surface area contributed by atoms with Crippen LogP contribution in [0.15, 0.2) is 107 Å². The summed E-state index contributed by atoms with van der Waals surface area (Å²) in [5.74, 6) is -0.659. The number of hydrogen-bond acceptors (Lipinski definition) is 6. The highest BCUT2D eigenvalue weighted by molar-refractivity contribution is 7.98. The van der Waals surface area contributed by atoms with E-state index in [9.17, 15) is 18.0 Å². The number of anilines is 1. The van der Waals surface area contributed by atoms with E-state index in [1.54, 1.807) is 61.5 Å². The van der Waals surface area contributed by atoms with Crippen LogP contribution in [-0.4, -0.2) is 57.1 Å². The number of nitrogens with zero attached hydrogens (tertiary/aromatic N) is 2. The minimum Gasteiger partial charge on any atom is -0.492 e. The molecule has 12 heteroatoms. The van der Waals surface area contributed by atoms with Crippen LogP contribution >= 0.6 is 35.0 Å². The van der Waals surface area contributed by atoms with E-state index in [0.717, 1.165) is 27.6 Å². The van der Waals surface area contributed by atoms with Crippen LogP contribution < -0.4 is 14.4 Å². The van der Waals surface area contributed by atoms with Crippen molar-refractivity contribution >= 4 is 62.5 Å². The maximum Gasteiger partial charge on any atom is 0.264 e. The van der Waals surface area contributed by atoms with Gasteiger partial charge >= 0.3 is 0 Å². The molecule has 4 aromatic rings. The number of nitrogens with one attached hydrogen (secondary N) is 1. The molecule has 1 atom stereocenters. The predicted molar refractivity (Wildman–Crippen MR) is 199 cm³/mol. The minimum absolute atomic E-state index is 0.00911. The highest BCUT2D eigenvalue weighted by Crippen LogP contribution is 2.34. The molecule has 0 aliphatic heterocycles. The van der Waals surface area contributed by atoms with Crippen molar-refractivity contribution in [3.05, 3.63) is 118 Å². The van der Waals surface area contributed by atoms with E-state index in [4.69, 9.17) is 27.9 Å². The van der Waals surface area contributed by atoms with Crippen LogP contribution in [-0.2, 0) is 32.6 Å². The second-order valence-electron chi connectivity index (χ2n) is 11.2. The van der Waals surface area contributed by atoms with Gasteiger partial charge in [-0.25, -0.2) is 8.42 Å². The molecule has 0 radical (unpaired) electrons. The second-order valence-corrected chi connectivity index (χ2v) is 14.8. The monoisotopic (exact) mass is 741 g/mol. The van der Waals surface area contributed by atoms with Crippen LogP contribution in [0.5, 0.6) is 5.75 Å². The van der Waals surface area contributed by atoms with Crippen LogP contribution in [0.25, 0.3) is 0 Å². The number of unbranched alkanes of at least 4 members (excludes halogenated alkanes) is 1. The highest BCUT2D eigenvalue weighted by Gasteiger charge is 2.35. The molecule has 0 saturated heterocycles. The summed E-state index contributed by atoms with van der Waals surface area (Å²) in [5, 5.41) is 3.72. The van der Waals surface area contributed by atoms with Gasteiger partial charge in [0.1, 0.15) is 18.3 Å². The Morgan fingerprint density at radius 2 is 1.61 bits per heavy atom. The summed E-state index contributed by atoms with van der Waals surface area (Å²) in [6.07, 6.45) is 3.72. The van der Waals surface area contributed by atoms with Gasteiger partial charge in [-0.2, -0.15) is 0 Å². The Morgan fingerprint density at radius 1 is 0.918 bits per heavy atom. The number of ether oxygens (including phenoxy) is 1. The molecule has 0 aliphatic rings. The first kappa shape index (κ1) is 38.1. The van der Waals surface area contributed by atoms with Crippen LogP contribution in [0.1, 0.15) is 37.8 Å². The lowest BCUT2D eigenvalue weighted by Gasteiger charge is -2.34. The first-order valence-electron chi connectivity index (χ1n) is 16.0. The van der Waals surface area contributed by atoms with Crippen molar-refractivity contribution in [3.63, 3.8) is 0 Å². The van der Waals surface area contributed by atoms with Gasteiger partial charge in [-0.1, -0.05) is 85.1 Å². The van der Waals surface area contributed by atoms with Crippen molar-refractivity contribution in [2.75, 3.05) is 30.3 Å². The Labute approximate surface area is 303 Å². The van der Waals surface area contributed by atoms with E-state index in [0.29, 0.717) is 27.9 Å². The maximum absolute atomic E-state index is 14.7. The number of carbonyl (C=O) groups excluding carboxylic acids is 2. The van der Waals surface area contributed by atoms with Gasteiger partial charge in [0.15, 0.2) is 0 Å². The molecule has 0 bridgehead atoms. The molecular weight excluding hydrogens is 701 g/mol. The molecule has 0 aromatic heterocycles. The average Bonchev–Trinajstić information content (AvgIpc) is 3.10. The van der Waals surface area contributed by atoms with Gasteiger partial charge in [0.25, 0.3) is 10.0 Å². The molecule has 8 nitrogen and oxygen atoms in total. The summed E-state index contributed by atoms with van der Waals surface area (Å²) >= 11 is 14.3. The first-order chi connectivity index (χ1) is 23.6. The third kappa shape index (κ3) is 10.2. The molecule has 260 valence electrons. The summed E-state index contributed by atoms with van der Waals surface area (Å²) in [6.45, 7) is 3.84. The van der Waals surface area contributed by atoms with E-state index in [1.165, 1.54) is 28.8 Å². The summed E-state index contributed by atoms with van der Waals surface area (Å²) in [7, 11) is -4.31. The van der Waals surface area contributed by atoms with Crippen molar-refractivity contribution in [1.82, 2.24) is 10.2 Å². The lowest BCUT2D eigenvalue weighted by Crippen LogP contribution is -2.53. The fourth-order valence-electron chi connectivity index (χ4n) is 5.22. The molecule has 4 aromatic carbocycles. The van der Waals surface area contributed by atoms with Crippen LogP contribution in [0.3, 0.4) is 0 Å². The number of halogens is 2. The SMILES string of the molecule is CCCCNC(=O)[C@@H](Cc1ccccc1)N(Cc1ccc(Cl)cc1Cl)C(=O)CN(c1ccccc1OCC)S(=O)(=O)c1ccc(SC)cc1. The molecule has 0 unspecified atom stereocenters. The Bertz CT molecular complexity index is 1810. The van der Waals surface area contributed by atoms with Crippen molar-refractivity contribution in [2.24, 2.45) is 0 Å². The topological polar surface area (TPSA) is 96.0 Å². The zero-order chi connectivity index (χ0) is 35.4. The fraction of sp³-hybridized carbons (Fsp3) is 0.297. The number of thioether (sulfide) groups is 1. The van der Waals surface area contributed by atoms with Crippen molar-refractivity contribution in [1.29, 1.82) is 0 Å². The lowest BCUT2D eigenvalue weighted by molar-refractivity contribution is -0.140. The number of sulfonamides is 1. The molecule has 0 saturated carbocycles. The quantitative estimate of drug-likeness (QED) is 0.0875. The van der Waals surface area contributed by atoms with Gasteiger partial charge in [-0.15, -0.1) is 11.8 Å². The largest absolute Gasteiger partial charge is 0.492 e. The zero-order valence-electron chi connectivity index (χ0n) is 27.8. The summed E-state index contributed by atoms with van der Waals surface area (Å²) < 4.78 is 35.8. The van der Waals surface area contributed by atoms with Crippen LogP contribution in [0, 0.1) is 0 Å². The third-order valence-corrected chi connectivity index (χ3v) is 10.9. The van der Waals surface area contributed by atoms with Gasteiger partial charge in [-0.3, -0.25) is 13.9 Å². The summed E-state index contributed by atoms with van der Waals surface area (Å²) in [6, 6.07) is 26.5. The van der Waals surface area contributed by atoms with Gasteiger partial charge < -0.3 is 15.0 Å². The van der Waals surface area contributed by atoms with Gasteiger partial charge in [-0.05, 0) is 79.3 Å². The number of carbonyl (C=O) groups is 2. The Morgan fingerprint density at radius 3 is 2.27 bits per heavy atom. The maximum atomic E-state index is 14.7. The van der Waals surface area contributed by atoms with E-state index < -0.39 is 28.5 Å². The number of amides is 2. The number of para-hydroxylation sites is 2. The summed E-state index contributed by atoms with van der Waals surface area (Å²) in [4.78, 5) is 31.0. The van der Waals surface area contributed by atoms with Crippen molar-refractivity contribution < 1.29 is 22.7 Å². The molecule has 4 rings (SSSR count). The first-order valence-corrected chi connectivity index (χ1v) is 19.4. The number of hydrogen-bond donors (Lipinski definition) is 1. The highest BCUT2D eigenvalue weighted by atomic mass is 35.5. The molecule has 0 fully saturated rings. The summed E-state index contributed by atoms with van der Waals surface area (Å²) in [5.41, 5.74) is 1.58. The zero-order valence-corrected chi connectivity index (χ0v) is 30.9. The predicted octanol–water partition coefficient (Wildman–Crippen LogP) is 7.87. The minimum atomic E-state index is -4.31. The number of rotatable bonds is 17. The Kier molecular flexibility index (Phi) is 14.3. The smallest absolute Gasteiger partial charge is 0.264 e. The van der Waals surface area contributed by atoms with E-state index in [-0.39, 0.29) is 36.1 Å². The van der Waals surface area contributed by atoms with E-state index >= 15 is 0 Å². The average molecular weight is 743 g/mol. The van der Waals surface area contributed by atoms with E-state index in [1.807, 2.05) is 43.5 Å². The second kappa shape index (κ2) is 18.3. The Balaban J connectivity index is 1.85. The molecule has 0 aliphatic carbocycles. The van der Waals surface area contributed by atoms with Gasteiger partial charge in [0, 0.05) is 34.5 Å². The molecule has 2 amide bonds. The normalized spacial score (nSPS) is 11.9.